The van der Waals surface area contributed by atoms with Crippen molar-refractivity contribution < 1.29 is 14.1 Å². The van der Waals surface area contributed by atoms with Crippen LogP contribution in [0.2, 0.25) is 0 Å². The molecule has 0 unspecified atom stereocenters. The predicted molar refractivity (Wildman–Crippen MR) is 99.2 cm³/mol. The van der Waals surface area contributed by atoms with Crippen LogP contribution in [0, 0.1) is 6.92 Å². The average Bonchev–Trinajstić information content (AvgIpc) is 2.68. The summed E-state index contributed by atoms with van der Waals surface area (Å²) in [5, 5.41) is 3.18. The van der Waals surface area contributed by atoms with E-state index in [2.05, 4.69) is 11.4 Å². The van der Waals surface area contributed by atoms with Crippen LogP contribution in [0.1, 0.15) is 56.1 Å². The van der Waals surface area contributed by atoms with Gasteiger partial charge in [-0.05, 0) is 71.3 Å². The maximum atomic E-state index is 11.7. The van der Waals surface area contributed by atoms with Gasteiger partial charge in [-0.25, -0.2) is 0 Å². The van der Waals surface area contributed by atoms with Gasteiger partial charge in [-0.15, -0.1) is 0 Å². The van der Waals surface area contributed by atoms with E-state index < -0.39 is 7.12 Å². The Morgan fingerprint density at radius 3 is 2.29 bits per heavy atom. The molecule has 0 saturated carbocycles. The molecule has 1 aromatic carbocycles. The predicted octanol–water partition coefficient (Wildman–Crippen LogP) is 3.43. The molecule has 24 heavy (non-hydrogen) atoms. The van der Waals surface area contributed by atoms with Crippen molar-refractivity contribution >= 4 is 19.0 Å². The Kier molecular flexibility index (Phi) is 5.38. The highest BCUT2D eigenvalue weighted by atomic mass is 16.7. The average molecular weight is 329 g/mol. The molecule has 1 saturated heterocycles. The molecule has 0 atom stereocenters. The molecule has 4 nitrogen and oxygen atoms in total. The third-order valence-corrected chi connectivity index (χ3v) is 4.96. The SMILES string of the molecule is CNCC(=Cc1cc(C(C)=O)ccc1C)B1OC(C)(C)C(C)(C)O1. The molecule has 1 N–H and O–H groups in total. The summed E-state index contributed by atoms with van der Waals surface area (Å²) in [6, 6.07) is 5.77. The Hall–Kier alpha value is -1.43. The van der Waals surface area contributed by atoms with Gasteiger partial charge < -0.3 is 14.6 Å². The number of rotatable bonds is 5. The molecule has 1 aliphatic heterocycles. The maximum Gasteiger partial charge on any atom is 0.491 e. The smallest absolute Gasteiger partial charge is 0.400 e. The number of aryl methyl sites for hydroxylation is 1. The monoisotopic (exact) mass is 329 g/mol. The molecule has 0 amide bonds. The molecule has 1 aromatic rings. The lowest BCUT2D eigenvalue weighted by atomic mass is 9.76. The minimum Gasteiger partial charge on any atom is -0.400 e. The minimum absolute atomic E-state index is 0.0652. The second-order valence-corrected chi connectivity index (χ2v) is 7.47. The zero-order valence-electron chi connectivity index (χ0n) is 15.8. The van der Waals surface area contributed by atoms with E-state index >= 15 is 0 Å². The summed E-state index contributed by atoms with van der Waals surface area (Å²) in [5.74, 6) is 0.0652. The highest BCUT2D eigenvalue weighted by Gasteiger charge is 2.52. The summed E-state index contributed by atoms with van der Waals surface area (Å²) in [5.41, 5.74) is 3.11. The number of ketones is 1. The second-order valence-electron chi connectivity index (χ2n) is 7.47. The lowest BCUT2D eigenvalue weighted by Gasteiger charge is -2.32. The van der Waals surface area contributed by atoms with Gasteiger partial charge in [-0.3, -0.25) is 4.79 Å². The minimum atomic E-state index is -0.400. The van der Waals surface area contributed by atoms with E-state index in [-0.39, 0.29) is 17.0 Å². The zero-order chi connectivity index (χ0) is 18.1. The molecule has 0 spiro atoms. The Labute approximate surface area is 145 Å². The van der Waals surface area contributed by atoms with E-state index in [0.29, 0.717) is 12.1 Å². The molecule has 1 fully saturated rings. The van der Waals surface area contributed by atoms with Gasteiger partial charge in [0.25, 0.3) is 0 Å². The highest BCUT2D eigenvalue weighted by Crippen LogP contribution is 2.38. The van der Waals surface area contributed by atoms with E-state index in [1.54, 1.807) is 6.92 Å². The Bertz CT molecular complexity index is 649. The molecular weight excluding hydrogens is 301 g/mol. The number of nitrogens with one attached hydrogen (secondary N) is 1. The number of carbonyl (C=O) groups excluding carboxylic acids is 1. The molecule has 5 heteroatoms. The normalized spacial score (nSPS) is 19.6. The Balaban J connectivity index is 2.40. The van der Waals surface area contributed by atoms with Crippen molar-refractivity contribution in [3.05, 3.63) is 40.4 Å². The summed E-state index contributed by atoms with van der Waals surface area (Å²) in [6.45, 7) is 12.5. The maximum absolute atomic E-state index is 11.7. The van der Waals surface area contributed by atoms with Crippen LogP contribution in [0.15, 0.2) is 23.7 Å². The molecular formula is C19H28BNO3. The van der Waals surface area contributed by atoms with Crippen molar-refractivity contribution in [1.82, 2.24) is 5.32 Å². The van der Waals surface area contributed by atoms with Gasteiger partial charge in [-0.2, -0.15) is 0 Å². The van der Waals surface area contributed by atoms with Crippen LogP contribution in [0.5, 0.6) is 0 Å². The lowest BCUT2D eigenvalue weighted by molar-refractivity contribution is 0.00578. The molecule has 2 rings (SSSR count). The molecule has 0 radical (unpaired) electrons. The number of Topliss-reactive ketones (excluding diaryl/α,β-unsaturated/α-hetero) is 1. The number of benzene rings is 1. The van der Waals surface area contributed by atoms with Gasteiger partial charge in [-0.1, -0.05) is 18.2 Å². The quantitative estimate of drug-likeness (QED) is 0.664. The summed E-state index contributed by atoms with van der Waals surface area (Å²) in [6.07, 6.45) is 2.07. The third-order valence-electron chi connectivity index (χ3n) is 4.96. The first-order chi connectivity index (χ1) is 11.1. The van der Waals surface area contributed by atoms with Gasteiger partial charge >= 0.3 is 7.12 Å². The van der Waals surface area contributed by atoms with Gasteiger partial charge in [0.1, 0.15) is 0 Å². The number of hydrogen-bond donors (Lipinski definition) is 1. The molecule has 1 heterocycles. The van der Waals surface area contributed by atoms with Crippen LogP contribution in [-0.2, 0) is 9.31 Å². The van der Waals surface area contributed by atoms with Crippen LogP contribution in [0.25, 0.3) is 6.08 Å². The van der Waals surface area contributed by atoms with Crippen LogP contribution in [0.4, 0.5) is 0 Å². The van der Waals surface area contributed by atoms with E-state index in [0.717, 1.165) is 16.6 Å². The van der Waals surface area contributed by atoms with Crippen LogP contribution in [-0.4, -0.2) is 37.7 Å². The largest absolute Gasteiger partial charge is 0.491 e. The first-order valence-corrected chi connectivity index (χ1v) is 8.39. The van der Waals surface area contributed by atoms with Crippen LogP contribution >= 0.6 is 0 Å². The van der Waals surface area contributed by atoms with Gasteiger partial charge in [0.2, 0.25) is 0 Å². The summed E-state index contributed by atoms with van der Waals surface area (Å²) >= 11 is 0. The molecule has 1 aliphatic rings. The van der Waals surface area contributed by atoms with Crippen LogP contribution < -0.4 is 5.32 Å². The fourth-order valence-corrected chi connectivity index (χ4v) is 2.62. The van der Waals surface area contributed by atoms with Gasteiger partial charge in [0.15, 0.2) is 5.78 Å². The van der Waals surface area contributed by atoms with E-state index in [4.69, 9.17) is 9.31 Å². The third kappa shape index (κ3) is 3.80. The molecule has 130 valence electrons. The summed E-state index contributed by atoms with van der Waals surface area (Å²) in [4.78, 5) is 11.7. The fourth-order valence-electron chi connectivity index (χ4n) is 2.62. The molecule has 0 aliphatic carbocycles. The van der Waals surface area contributed by atoms with E-state index in [1.807, 2.05) is 59.9 Å². The number of hydrogen-bond acceptors (Lipinski definition) is 4. The summed E-state index contributed by atoms with van der Waals surface area (Å²) < 4.78 is 12.3. The molecule has 0 bridgehead atoms. The first kappa shape index (κ1) is 18.9. The standard InChI is InChI=1S/C19H28BNO3/c1-13-8-9-15(14(2)22)10-16(13)11-17(12-21-7)20-23-18(3,4)19(5,6)24-20/h8-11,21H,12H2,1-7H3. The topological polar surface area (TPSA) is 47.6 Å². The Morgan fingerprint density at radius 2 is 1.79 bits per heavy atom. The van der Waals surface area contributed by atoms with Crippen molar-refractivity contribution in [2.75, 3.05) is 13.6 Å². The molecule has 0 aromatic heterocycles. The summed E-state index contributed by atoms with van der Waals surface area (Å²) in [7, 11) is 1.50. The second kappa shape index (κ2) is 6.83. The van der Waals surface area contributed by atoms with Gasteiger partial charge in [0, 0.05) is 12.1 Å². The van der Waals surface area contributed by atoms with Crippen molar-refractivity contribution in [2.45, 2.75) is 52.7 Å². The number of carbonyl (C=O) groups is 1. The Morgan fingerprint density at radius 1 is 1.21 bits per heavy atom. The van der Waals surface area contributed by atoms with Crippen molar-refractivity contribution in [2.24, 2.45) is 0 Å². The van der Waals surface area contributed by atoms with Crippen molar-refractivity contribution in [3.63, 3.8) is 0 Å². The number of likely N-dealkylation sites (N-methyl/N-ethyl adjacent to an activating group) is 1. The fraction of sp³-hybridized carbons (Fsp3) is 0.526. The first-order valence-electron chi connectivity index (χ1n) is 8.39. The van der Waals surface area contributed by atoms with E-state index in [1.165, 1.54) is 0 Å². The van der Waals surface area contributed by atoms with E-state index in [9.17, 15) is 4.79 Å². The highest BCUT2D eigenvalue weighted by molar-refractivity contribution is 6.56. The zero-order valence-corrected chi connectivity index (χ0v) is 15.8. The van der Waals surface area contributed by atoms with Crippen molar-refractivity contribution in [1.29, 1.82) is 0 Å². The lowest BCUT2D eigenvalue weighted by Crippen LogP contribution is -2.41. The van der Waals surface area contributed by atoms with Crippen molar-refractivity contribution in [3.8, 4) is 0 Å². The van der Waals surface area contributed by atoms with Gasteiger partial charge in [0.05, 0.1) is 11.2 Å². The van der Waals surface area contributed by atoms with Crippen LogP contribution in [0.3, 0.4) is 0 Å².